The molecule has 2 aromatic carbocycles. The molecular formula is C37H44F4N4O5. The van der Waals surface area contributed by atoms with Crippen molar-refractivity contribution in [1.82, 2.24) is 19.6 Å². The van der Waals surface area contributed by atoms with Gasteiger partial charge >= 0.3 is 12.1 Å². The molecule has 2 fully saturated rings. The lowest BCUT2D eigenvalue weighted by Crippen LogP contribution is -2.55. The highest BCUT2D eigenvalue weighted by atomic mass is 19.4. The summed E-state index contributed by atoms with van der Waals surface area (Å²) < 4.78 is 54.5. The largest absolute Gasteiger partial charge is 0.478 e. The van der Waals surface area contributed by atoms with Crippen molar-refractivity contribution in [2.75, 3.05) is 40.3 Å². The number of carbonyl (C=O) groups is 3. The van der Waals surface area contributed by atoms with Gasteiger partial charge in [0.05, 0.1) is 30.5 Å². The number of carboxylic acid groups (broad SMARTS) is 1. The van der Waals surface area contributed by atoms with Gasteiger partial charge in [-0.25, -0.2) is 9.18 Å². The van der Waals surface area contributed by atoms with E-state index in [2.05, 4.69) is 23.1 Å². The molecule has 0 atom stereocenters. The number of rotatable bonds is 8. The fourth-order valence-electron chi connectivity index (χ4n) is 6.36. The lowest BCUT2D eigenvalue weighted by atomic mass is 9.79. The van der Waals surface area contributed by atoms with Crippen molar-refractivity contribution in [3.05, 3.63) is 94.6 Å². The highest BCUT2D eigenvalue weighted by Crippen LogP contribution is 2.39. The number of amides is 1. The van der Waals surface area contributed by atoms with E-state index < -0.39 is 17.6 Å². The molecule has 13 heteroatoms. The van der Waals surface area contributed by atoms with Crippen LogP contribution in [0.2, 0.25) is 0 Å². The molecule has 0 unspecified atom stereocenters. The Labute approximate surface area is 289 Å². The highest BCUT2D eigenvalue weighted by Gasteiger charge is 2.48. The number of aromatic nitrogens is 2. The maximum Gasteiger partial charge on any atom is 0.400 e. The first-order valence-corrected chi connectivity index (χ1v) is 16.4. The smallest absolute Gasteiger partial charge is 0.400 e. The van der Waals surface area contributed by atoms with Crippen LogP contribution >= 0.6 is 0 Å². The molecule has 3 aromatic rings. The Bertz CT molecular complexity index is 1680. The number of benzene rings is 2. The van der Waals surface area contributed by atoms with E-state index in [4.69, 9.17) is 4.74 Å². The Balaban J connectivity index is 0.000000189. The molecule has 1 N–H and O–H groups in total. The molecule has 0 radical (unpaired) electrons. The van der Waals surface area contributed by atoms with Crippen molar-refractivity contribution >= 4 is 23.7 Å². The SMILES string of the molecule is CC(C)(C=O)C(F)(F)F.CN1CC2(CCN(C(=O)c3cnn(Cc4ccc(F)cc4)c3)C2)C1.COCc1cccc(C2=CCCC2)c1C(=O)O. The molecule has 1 aromatic heterocycles. The van der Waals surface area contributed by atoms with Crippen LogP contribution in [0.4, 0.5) is 17.6 Å². The van der Waals surface area contributed by atoms with Gasteiger partial charge in [-0.05, 0) is 81.0 Å². The van der Waals surface area contributed by atoms with Gasteiger partial charge in [-0.3, -0.25) is 9.48 Å². The van der Waals surface area contributed by atoms with Crippen LogP contribution in [-0.2, 0) is 22.7 Å². The number of alkyl halides is 3. The maximum absolute atomic E-state index is 13.0. The minimum Gasteiger partial charge on any atom is -0.478 e. The first-order valence-electron chi connectivity index (χ1n) is 16.4. The second-order valence-electron chi connectivity index (χ2n) is 13.7. The van der Waals surface area contributed by atoms with Crippen LogP contribution in [0.3, 0.4) is 0 Å². The number of methoxy groups -OCH3 is 1. The van der Waals surface area contributed by atoms with Gasteiger partial charge in [0.2, 0.25) is 0 Å². The van der Waals surface area contributed by atoms with E-state index in [1.807, 2.05) is 23.1 Å². The van der Waals surface area contributed by atoms with E-state index in [0.29, 0.717) is 29.7 Å². The fraction of sp³-hybridized carbons (Fsp3) is 0.459. The number of aromatic carboxylic acids is 1. The van der Waals surface area contributed by atoms with Crippen LogP contribution in [0.5, 0.6) is 0 Å². The molecule has 3 aliphatic rings. The van der Waals surface area contributed by atoms with Crippen molar-refractivity contribution in [2.45, 2.75) is 58.9 Å². The van der Waals surface area contributed by atoms with E-state index in [1.165, 1.54) is 12.1 Å². The van der Waals surface area contributed by atoms with E-state index in [9.17, 15) is 37.1 Å². The minimum atomic E-state index is -4.42. The Hall–Kier alpha value is -4.36. The predicted octanol–water partition coefficient (Wildman–Crippen LogP) is 6.72. The molecule has 0 saturated carbocycles. The Morgan fingerprint density at radius 2 is 1.78 bits per heavy atom. The van der Waals surface area contributed by atoms with E-state index >= 15 is 0 Å². The third-order valence-electron chi connectivity index (χ3n) is 9.15. The molecule has 2 saturated heterocycles. The van der Waals surface area contributed by atoms with E-state index in [0.717, 1.165) is 88.0 Å². The molecule has 1 amide bonds. The zero-order valence-electron chi connectivity index (χ0n) is 28.8. The molecular weight excluding hydrogens is 656 g/mol. The number of nitrogens with zero attached hydrogens (tertiary/aromatic N) is 4. The summed E-state index contributed by atoms with van der Waals surface area (Å²) in [6, 6.07) is 11.9. The van der Waals surface area contributed by atoms with Gasteiger partial charge in [-0.15, -0.1) is 0 Å². The number of halogens is 4. The minimum absolute atomic E-state index is 0.0618. The lowest BCUT2D eigenvalue weighted by Gasteiger charge is -2.46. The molecule has 3 heterocycles. The van der Waals surface area contributed by atoms with Crippen LogP contribution in [0.15, 0.2) is 60.9 Å². The number of ether oxygens (including phenoxy) is 1. The van der Waals surface area contributed by atoms with Gasteiger partial charge in [0.25, 0.3) is 5.91 Å². The molecule has 50 heavy (non-hydrogen) atoms. The first-order chi connectivity index (χ1) is 23.6. The third kappa shape index (κ3) is 9.45. The van der Waals surface area contributed by atoms with Gasteiger partial charge < -0.3 is 24.4 Å². The summed E-state index contributed by atoms with van der Waals surface area (Å²) in [7, 11) is 3.70. The maximum atomic E-state index is 13.0. The molecule has 9 nitrogen and oxygen atoms in total. The molecule has 270 valence electrons. The summed E-state index contributed by atoms with van der Waals surface area (Å²) in [5.41, 5.74) is 2.83. The zero-order valence-corrected chi connectivity index (χ0v) is 28.8. The summed E-state index contributed by atoms with van der Waals surface area (Å²) in [6.45, 7) is 6.38. The average Bonchev–Trinajstić information content (AvgIpc) is 3.84. The van der Waals surface area contributed by atoms with Crippen LogP contribution < -0.4 is 0 Å². The summed E-state index contributed by atoms with van der Waals surface area (Å²) in [4.78, 5) is 38.1. The molecule has 6 rings (SSSR count). The predicted molar refractivity (Wildman–Crippen MR) is 180 cm³/mol. The summed E-state index contributed by atoms with van der Waals surface area (Å²) in [5.74, 6) is -1.06. The molecule has 0 bridgehead atoms. The van der Waals surface area contributed by atoms with Crippen molar-refractivity contribution in [3.63, 3.8) is 0 Å². The number of likely N-dealkylation sites (tertiary alicyclic amines) is 2. The summed E-state index contributed by atoms with van der Waals surface area (Å²) in [6.07, 6.45) is 5.24. The van der Waals surface area contributed by atoms with Crippen LogP contribution in [0.25, 0.3) is 5.57 Å². The second kappa shape index (κ2) is 16.1. The standard InChI is InChI=1S/C18H21FN4O.C14H16O3.C5H7F3O/c1-21-11-18(12-21)6-7-22(13-18)17(24)15-8-20-23(10-15)9-14-2-4-16(19)5-3-14;1-17-9-11-7-4-8-12(13(11)14(15)16)10-5-2-3-6-10;1-4(2,3-9)5(6,7)8/h2-5,8,10H,6-7,9,11-13H2,1H3;4-5,7-8H,2-3,6,9H2,1H3,(H,15,16);3H,1-2H3. The number of aldehydes is 1. The second-order valence-corrected chi connectivity index (χ2v) is 13.7. The number of allylic oxidation sites excluding steroid dienone is 2. The fourth-order valence-corrected chi connectivity index (χ4v) is 6.36. The zero-order chi connectivity index (χ0) is 36.7. The van der Waals surface area contributed by atoms with Crippen LogP contribution in [-0.4, -0.2) is 89.4 Å². The van der Waals surface area contributed by atoms with E-state index in [1.54, 1.807) is 36.3 Å². The topological polar surface area (TPSA) is 105 Å². The van der Waals surface area contributed by atoms with Crippen molar-refractivity contribution in [3.8, 4) is 0 Å². The van der Waals surface area contributed by atoms with Crippen LogP contribution in [0.1, 0.15) is 76.9 Å². The summed E-state index contributed by atoms with van der Waals surface area (Å²) in [5, 5.41) is 13.6. The van der Waals surface area contributed by atoms with Crippen molar-refractivity contribution in [2.24, 2.45) is 10.8 Å². The van der Waals surface area contributed by atoms with Gasteiger partial charge in [0, 0.05) is 44.9 Å². The quantitative estimate of drug-likeness (QED) is 0.206. The average molecular weight is 701 g/mol. The Morgan fingerprint density at radius 1 is 1.08 bits per heavy atom. The van der Waals surface area contributed by atoms with Gasteiger partial charge in [-0.2, -0.15) is 18.3 Å². The number of carbonyl (C=O) groups excluding carboxylic acids is 2. The molecule has 1 spiro atoms. The number of hydrogen-bond acceptors (Lipinski definition) is 6. The number of hydrogen-bond donors (Lipinski definition) is 1. The normalized spacial score (nSPS) is 16.9. The molecule has 2 aliphatic heterocycles. The van der Waals surface area contributed by atoms with Gasteiger partial charge in [0.1, 0.15) is 17.5 Å². The molecule has 1 aliphatic carbocycles. The lowest BCUT2D eigenvalue weighted by molar-refractivity contribution is -0.203. The van der Waals surface area contributed by atoms with Gasteiger partial charge in [-0.1, -0.05) is 36.4 Å². The van der Waals surface area contributed by atoms with Gasteiger partial charge in [0.15, 0.2) is 0 Å². The summed E-state index contributed by atoms with van der Waals surface area (Å²) >= 11 is 0. The number of carboxylic acids is 1. The van der Waals surface area contributed by atoms with Crippen molar-refractivity contribution < 1.29 is 41.8 Å². The first kappa shape index (κ1) is 38.4. The Morgan fingerprint density at radius 3 is 2.32 bits per heavy atom. The Kier molecular flexibility index (Phi) is 12.4. The monoisotopic (exact) mass is 700 g/mol. The van der Waals surface area contributed by atoms with Crippen molar-refractivity contribution in [1.29, 1.82) is 0 Å². The highest BCUT2D eigenvalue weighted by molar-refractivity contribution is 5.96. The van der Waals surface area contributed by atoms with Crippen LogP contribution in [0, 0.1) is 16.6 Å². The van der Waals surface area contributed by atoms with E-state index in [-0.39, 0.29) is 18.0 Å². The third-order valence-corrected chi connectivity index (χ3v) is 9.15.